The van der Waals surface area contributed by atoms with Gasteiger partial charge in [0.15, 0.2) is 18.9 Å². The molecule has 17 unspecified atom stereocenters. The van der Waals surface area contributed by atoms with Crippen LogP contribution in [0, 0.1) is 0 Å². The van der Waals surface area contributed by atoms with Gasteiger partial charge < -0.3 is 89.9 Å². The average molecular weight is 1370 g/mol. The molecule has 19 nitrogen and oxygen atoms in total. The summed E-state index contributed by atoms with van der Waals surface area (Å²) in [4.78, 5) is 13.4. The van der Waals surface area contributed by atoms with E-state index in [-0.39, 0.29) is 18.9 Å². The molecule has 19 heteroatoms. The maximum absolute atomic E-state index is 13.4. The summed E-state index contributed by atoms with van der Waals surface area (Å²) >= 11 is 0. The highest BCUT2D eigenvalue weighted by Crippen LogP contribution is 2.33. The minimum atomic E-state index is -1.99. The molecule has 0 aromatic heterocycles. The van der Waals surface area contributed by atoms with Crippen LogP contribution in [-0.2, 0) is 33.2 Å². The summed E-state index contributed by atoms with van der Waals surface area (Å²) in [6.07, 6.45) is 51.0. The van der Waals surface area contributed by atoms with Gasteiger partial charge in [0.1, 0.15) is 73.2 Å². The molecular formula is C78H135NO18. The largest absolute Gasteiger partial charge is 0.394 e. The van der Waals surface area contributed by atoms with Crippen molar-refractivity contribution in [3.63, 3.8) is 0 Å². The normalized spacial score (nSPS) is 27.5. The number of aliphatic hydroxyl groups is 11. The lowest BCUT2D eigenvalue weighted by Crippen LogP contribution is -2.66. The molecule has 3 aliphatic rings. The van der Waals surface area contributed by atoms with Crippen molar-refractivity contribution in [1.82, 2.24) is 5.32 Å². The highest BCUT2D eigenvalue weighted by Gasteiger charge is 2.53. The van der Waals surface area contributed by atoms with Gasteiger partial charge in [0.2, 0.25) is 5.91 Å². The van der Waals surface area contributed by atoms with E-state index in [1.165, 1.54) is 148 Å². The van der Waals surface area contributed by atoms with Crippen LogP contribution in [0.3, 0.4) is 0 Å². The molecule has 0 spiro atoms. The summed E-state index contributed by atoms with van der Waals surface area (Å²) in [6, 6.07) is -1.00. The summed E-state index contributed by atoms with van der Waals surface area (Å²) in [6.45, 7) is 1.60. The Morgan fingerprint density at radius 3 is 1.15 bits per heavy atom. The van der Waals surface area contributed by atoms with E-state index in [1.807, 2.05) is 6.08 Å². The van der Waals surface area contributed by atoms with Crippen molar-refractivity contribution in [2.45, 2.75) is 362 Å². The molecule has 3 heterocycles. The Hall–Kier alpha value is -3.29. The van der Waals surface area contributed by atoms with Crippen LogP contribution >= 0.6 is 0 Å². The Labute approximate surface area is 583 Å². The van der Waals surface area contributed by atoms with E-state index in [0.717, 1.165) is 77.0 Å². The van der Waals surface area contributed by atoms with E-state index in [1.54, 1.807) is 6.08 Å². The Morgan fingerprint density at radius 2 is 0.722 bits per heavy atom. The first kappa shape index (κ1) is 87.9. The van der Waals surface area contributed by atoms with E-state index < -0.39 is 124 Å². The van der Waals surface area contributed by atoms with Crippen LogP contribution in [0.2, 0.25) is 0 Å². The third-order valence-corrected chi connectivity index (χ3v) is 18.3. The Bertz CT molecular complexity index is 2130. The van der Waals surface area contributed by atoms with Crippen molar-refractivity contribution in [2.75, 3.05) is 26.4 Å². The van der Waals surface area contributed by atoms with Gasteiger partial charge in [-0.3, -0.25) is 4.79 Å². The number of allylic oxidation sites excluding steroid dienone is 15. The molecule has 97 heavy (non-hydrogen) atoms. The number of carbonyl (C=O) groups is 1. The molecule has 0 aromatic carbocycles. The zero-order chi connectivity index (χ0) is 70.4. The molecule has 3 aliphatic heterocycles. The molecular weight excluding hydrogens is 1240 g/mol. The first-order valence-corrected chi connectivity index (χ1v) is 38.0. The van der Waals surface area contributed by atoms with Gasteiger partial charge in [-0.1, -0.05) is 259 Å². The third-order valence-electron chi connectivity index (χ3n) is 18.3. The Kier molecular flexibility index (Phi) is 52.8. The first-order chi connectivity index (χ1) is 47.3. The van der Waals surface area contributed by atoms with Crippen LogP contribution in [0.5, 0.6) is 0 Å². The lowest BCUT2D eigenvalue weighted by molar-refractivity contribution is -0.379. The number of aliphatic hydroxyl groups excluding tert-OH is 11. The van der Waals surface area contributed by atoms with Gasteiger partial charge in [0.25, 0.3) is 0 Å². The highest BCUT2D eigenvalue weighted by molar-refractivity contribution is 5.76. The number of nitrogens with one attached hydrogen (secondary N) is 1. The zero-order valence-corrected chi connectivity index (χ0v) is 59.5. The number of carbonyl (C=O) groups excluding carboxylic acids is 1. The molecule has 0 bridgehead atoms. The van der Waals surface area contributed by atoms with E-state index in [2.05, 4.69) is 104 Å². The molecule has 0 radical (unpaired) electrons. The summed E-state index contributed by atoms with van der Waals surface area (Å²) in [5, 5.41) is 121. The Balaban J connectivity index is 1.38. The zero-order valence-electron chi connectivity index (χ0n) is 59.5. The minimum Gasteiger partial charge on any atom is -0.394 e. The summed E-state index contributed by atoms with van der Waals surface area (Å²) in [5.41, 5.74) is 0. The van der Waals surface area contributed by atoms with Crippen LogP contribution < -0.4 is 5.32 Å². The van der Waals surface area contributed by atoms with Gasteiger partial charge in [0, 0.05) is 6.42 Å². The molecule has 0 aromatic rings. The lowest BCUT2D eigenvalue weighted by atomic mass is 9.96. The topological polar surface area (TPSA) is 307 Å². The molecule has 3 saturated heterocycles. The second-order valence-electron chi connectivity index (χ2n) is 26.7. The number of ether oxygens (including phenoxy) is 6. The predicted molar refractivity (Wildman–Crippen MR) is 383 cm³/mol. The molecule has 3 rings (SSSR count). The van der Waals surface area contributed by atoms with Crippen LogP contribution in [0.4, 0.5) is 0 Å². The maximum Gasteiger partial charge on any atom is 0.220 e. The van der Waals surface area contributed by atoms with E-state index >= 15 is 0 Å². The molecule has 1 amide bonds. The second-order valence-corrected chi connectivity index (χ2v) is 26.7. The van der Waals surface area contributed by atoms with Crippen molar-refractivity contribution < 1.29 is 89.4 Å². The quantitative estimate of drug-likeness (QED) is 0.0199. The standard InChI is InChI=1S/C78H135NO18/c1-3-5-7-9-11-13-15-17-19-21-23-24-25-26-27-28-29-30-31-32-33-34-35-36-38-40-42-44-46-48-50-52-54-56-66(84)79-61(62(83)55-53-51-49-47-45-43-41-39-37-22-20-18-16-14-12-10-8-6-4-2)60-92-76-72(90)69(87)74(64(58-81)94-76)97-78-73(91)70(88)75(65(59-82)95-78)96-77-71(89)68(86)67(85)63(57-80)93-77/h5,7,11,13,17,19,23-24,26-27,37,39,45,47,53,55,61-65,67-78,80-83,85-91H,3-4,6,8-10,12,14-16,18,20-22,25,28-36,38,40-44,46,48-52,54,56-60H2,1-2H3,(H,79,84)/b7-5-,13-11-,19-17-,24-23-,27-26-,39-37+,47-45+,55-53+. The monoisotopic (exact) mass is 1370 g/mol. The van der Waals surface area contributed by atoms with Crippen LogP contribution in [-0.4, -0.2) is 193 Å². The SMILES string of the molecule is CC/C=C\C/C=C\C/C=C\C/C=C\C/C=C\CCCCCCCCCCCCCCCCCCCC(=O)NC(COC1OC(CO)C(OC2OC(CO)C(OC3OC(CO)C(O)C(O)C3O)C(O)C2O)C(O)C1O)C(O)/C=C/CC/C=C/CC/C=C/CCCCCCCCCCC. The minimum absolute atomic E-state index is 0.229. The molecule has 0 saturated carbocycles. The van der Waals surface area contributed by atoms with Gasteiger partial charge in [0.05, 0.1) is 38.6 Å². The van der Waals surface area contributed by atoms with E-state index in [9.17, 15) is 61.0 Å². The van der Waals surface area contributed by atoms with Gasteiger partial charge in [-0.25, -0.2) is 0 Å². The molecule has 17 atom stereocenters. The average Bonchev–Trinajstić information content (AvgIpc) is 0.845. The molecule has 0 aliphatic carbocycles. The van der Waals surface area contributed by atoms with Crippen LogP contribution in [0.25, 0.3) is 0 Å². The fourth-order valence-electron chi connectivity index (χ4n) is 12.3. The van der Waals surface area contributed by atoms with Crippen molar-refractivity contribution in [3.8, 4) is 0 Å². The second kappa shape index (κ2) is 58.2. The van der Waals surface area contributed by atoms with Crippen molar-refractivity contribution >= 4 is 5.91 Å². The fraction of sp³-hybridized carbons (Fsp3) is 0.782. The molecule has 12 N–H and O–H groups in total. The van der Waals surface area contributed by atoms with Gasteiger partial charge in [-0.2, -0.15) is 0 Å². The lowest BCUT2D eigenvalue weighted by Gasteiger charge is -2.48. The number of hydrogen-bond acceptors (Lipinski definition) is 18. The number of hydrogen-bond donors (Lipinski definition) is 12. The van der Waals surface area contributed by atoms with Gasteiger partial charge in [-0.05, 0) is 89.9 Å². The van der Waals surface area contributed by atoms with Gasteiger partial charge >= 0.3 is 0 Å². The van der Waals surface area contributed by atoms with Crippen molar-refractivity contribution in [2.24, 2.45) is 0 Å². The van der Waals surface area contributed by atoms with E-state index in [0.29, 0.717) is 12.8 Å². The summed E-state index contributed by atoms with van der Waals surface area (Å²) < 4.78 is 34.4. The molecule has 3 fully saturated rings. The third kappa shape index (κ3) is 39.1. The number of unbranched alkanes of at least 4 members (excludes halogenated alkanes) is 28. The fourth-order valence-corrected chi connectivity index (χ4v) is 12.3. The van der Waals surface area contributed by atoms with Crippen LogP contribution in [0.15, 0.2) is 97.2 Å². The van der Waals surface area contributed by atoms with Crippen LogP contribution in [0.1, 0.15) is 258 Å². The predicted octanol–water partition coefficient (Wildman–Crippen LogP) is 11.6. The van der Waals surface area contributed by atoms with Crippen molar-refractivity contribution in [3.05, 3.63) is 97.2 Å². The number of rotatable bonds is 58. The summed E-state index contributed by atoms with van der Waals surface area (Å²) in [5.74, 6) is -0.290. The van der Waals surface area contributed by atoms with E-state index in [4.69, 9.17) is 28.4 Å². The Morgan fingerprint density at radius 1 is 0.381 bits per heavy atom. The highest BCUT2D eigenvalue weighted by atomic mass is 16.8. The number of amides is 1. The molecule has 560 valence electrons. The maximum atomic E-state index is 13.4. The van der Waals surface area contributed by atoms with Crippen molar-refractivity contribution in [1.29, 1.82) is 0 Å². The smallest absolute Gasteiger partial charge is 0.220 e. The first-order valence-electron chi connectivity index (χ1n) is 38.0. The van der Waals surface area contributed by atoms with Gasteiger partial charge in [-0.15, -0.1) is 0 Å². The summed E-state index contributed by atoms with van der Waals surface area (Å²) in [7, 11) is 0.